The summed E-state index contributed by atoms with van der Waals surface area (Å²) in [5.74, 6) is -1.51. The summed E-state index contributed by atoms with van der Waals surface area (Å²) >= 11 is 1.61. The van der Waals surface area contributed by atoms with Crippen LogP contribution in [-0.4, -0.2) is 17.3 Å². The number of nitro groups is 1. The van der Waals surface area contributed by atoms with Crippen molar-refractivity contribution in [3.63, 3.8) is 0 Å². The van der Waals surface area contributed by atoms with Crippen LogP contribution in [0.25, 0.3) is 0 Å². The van der Waals surface area contributed by atoms with Crippen molar-refractivity contribution in [2.75, 3.05) is 17.2 Å². The summed E-state index contributed by atoms with van der Waals surface area (Å²) < 4.78 is 5.43. The Hall–Kier alpha value is -3.85. The van der Waals surface area contributed by atoms with Gasteiger partial charge in [0.15, 0.2) is 0 Å². The monoisotopic (exact) mass is 476 g/mol. The van der Waals surface area contributed by atoms with Crippen molar-refractivity contribution in [2.45, 2.75) is 25.3 Å². The minimum Gasteiger partial charge on any atom is -0.865 e. The maximum absolute atomic E-state index is 13.6. The largest absolute Gasteiger partial charge is 0.865 e. The molecule has 2 aromatic carbocycles. The van der Waals surface area contributed by atoms with E-state index in [-0.39, 0.29) is 24.1 Å². The number of para-hydroxylation sites is 2. The quantitative estimate of drug-likeness (QED) is 0.395. The minimum atomic E-state index is -0.772. The second kappa shape index (κ2) is 8.83. The number of thiophene rings is 1. The molecule has 1 aliphatic heterocycles. The number of Topliss-reactive ketones (excluding diaryl/α,β-unsaturated/α-hetero) is 1. The van der Waals surface area contributed by atoms with Gasteiger partial charge in [0, 0.05) is 34.7 Å². The first-order valence-electron chi connectivity index (χ1n) is 11.0. The SMILES string of the molecule is CCOc1cc([C@@H]2Nc3ccccc3NC3=C[C@@H](c4cccs4)CC(=O)[C@H]32)cc([N+](=O)[O-])c1[O-]. The second-order valence-electron chi connectivity index (χ2n) is 8.24. The Labute approximate surface area is 200 Å². The minimum absolute atomic E-state index is 0.0144. The number of nitrogens with zero attached hydrogens (tertiary/aromatic N) is 1. The summed E-state index contributed by atoms with van der Waals surface area (Å²) in [4.78, 5) is 25.6. The summed E-state index contributed by atoms with van der Waals surface area (Å²) in [5, 5.41) is 33.0. The lowest BCUT2D eigenvalue weighted by molar-refractivity contribution is -0.398. The highest BCUT2D eigenvalue weighted by atomic mass is 32.1. The van der Waals surface area contributed by atoms with Crippen molar-refractivity contribution >= 4 is 34.2 Å². The molecule has 0 bridgehead atoms. The van der Waals surface area contributed by atoms with Gasteiger partial charge in [-0.3, -0.25) is 14.9 Å². The lowest BCUT2D eigenvalue weighted by Gasteiger charge is -2.32. The third-order valence-electron chi connectivity index (χ3n) is 6.16. The van der Waals surface area contributed by atoms with Gasteiger partial charge in [-0.1, -0.05) is 24.3 Å². The van der Waals surface area contributed by atoms with E-state index in [9.17, 15) is 20.0 Å². The first-order chi connectivity index (χ1) is 16.5. The summed E-state index contributed by atoms with van der Waals surface area (Å²) in [5.41, 5.74) is 2.19. The van der Waals surface area contributed by atoms with Gasteiger partial charge >= 0.3 is 0 Å². The van der Waals surface area contributed by atoms with E-state index in [1.54, 1.807) is 18.3 Å². The van der Waals surface area contributed by atoms with Crippen LogP contribution in [0.15, 0.2) is 65.7 Å². The second-order valence-corrected chi connectivity index (χ2v) is 9.22. The lowest BCUT2D eigenvalue weighted by Crippen LogP contribution is -2.33. The molecule has 1 aliphatic carbocycles. The third-order valence-corrected chi connectivity index (χ3v) is 7.16. The van der Waals surface area contributed by atoms with E-state index in [1.807, 2.05) is 41.8 Å². The van der Waals surface area contributed by atoms with Gasteiger partial charge in [-0.2, -0.15) is 0 Å². The first-order valence-corrected chi connectivity index (χ1v) is 11.9. The Kier molecular flexibility index (Phi) is 5.70. The number of hydrogen-bond donors (Lipinski definition) is 2. The molecule has 8 nitrogen and oxygen atoms in total. The van der Waals surface area contributed by atoms with Gasteiger partial charge < -0.3 is 20.5 Å². The van der Waals surface area contributed by atoms with Gasteiger partial charge in [-0.15, -0.1) is 11.3 Å². The molecule has 2 aliphatic rings. The van der Waals surface area contributed by atoms with E-state index < -0.39 is 28.3 Å². The average Bonchev–Trinajstić information content (AvgIpc) is 3.29. The van der Waals surface area contributed by atoms with Crippen molar-refractivity contribution in [3.8, 4) is 11.5 Å². The van der Waals surface area contributed by atoms with Crippen LogP contribution in [0.1, 0.15) is 35.7 Å². The predicted molar refractivity (Wildman–Crippen MR) is 128 cm³/mol. The zero-order valence-corrected chi connectivity index (χ0v) is 19.1. The van der Waals surface area contributed by atoms with Gasteiger partial charge in [-0.25, -0.2) is 0 Å². The number of carbonyl (C=O) groups is 1. The van der Waals surface area contributed by atoms with Gasteiger partial charge in [0.25, 0.3) is 5.69 Å². The molecule has 2 heterocycles. The van der Waals surface area contributed by atoms with E-state index in [4.69, 9.17) is 4.74 Å². The number of nitro benzene ring substituents is 1. The maximum atomic E-state index is 13.6. The van der Waals surface area contributed by atoms with Crippen LogP contribution in [0.3, 0.4) is 0 Å². The first kappa shape index (κ1) is 22.0. The van der Waals surface area contributed by atoms with Crippen molar-refractivity contribution in [3.05, 3.63) is 86.2 Å². The third kappa shape index (κ3) is 3.88. The van der Waals surface area contributed by atoms with Gasteiger partial charge in [0.2, 0.25) is 0 Å². The zero-order valence-electron chi connectivity index (χ0n) is 18.3. The molecule has 3 atom stereocenters. The number of ether oxygens (including phenoxy) is 1. The fourth-order valence-corrected chi connectivity index (χ4v) is 5.45. The van der Waals surface area contributed by atoms with Crippen LogP contribution in [-0.2, 0) is 4.79 Å². The number of anilines is 2. The summed E-state index contributed by atoms with van der Waals surface area (Å²) in [6.45, 7) is 1.90. The number of benzene rings is 2. The molecule has 9 heteroatoms. The highest BCUT2D eigenvalue weighted by molar-refractivity contribution is 7.10. The molecule has 174 valence electrons. The molecular formula is C25H22N3O5S-. The maximum Gasteiger partial charge on any atom is 0.265 e. The molecule has 0 amide bonds. The van der Waals surface area contributed by atoms with Crippen molar-refractivity contribution in [1.82, 2.24) is 0 Å². The number of ketones is 1. The summed E-state index contributed by atoms with van der Waals surface area (Å²) in [6.07, 6.45) is 2.40. The van der Waals surface area contributed by atoms with Gasteiger partial charge in [0.1, 0.15) is 11.5 Å². The smallest absolute Gasteiger partial charge is 0.265 e. The number of hydrogen-bond acceptors (Lipinski definition) is 8. The van der Waals surface area contributed by atoms with Crippen molar-refractivity contribution in [2.24, 2.45) is 5.92 Å². The van der Waals surface area contributed by atoms with Gasteiger partial charge in [0.05, 0.1) is 34.9 Å². The van der Waals surface area contributed by atoms with E-state index in [1.165, 1.54) is 12.1 Å². The molecule has 0 radical (unpaired) electrons. The lowest BCUT2D eigenvalue weighted by atomic mass is 9.78. The molecule has 1 aromatic heterocycles. The molecule has 2 N–H and O–H groups in total. The topological polar surface area (TPSA) is 117 Å². The molecule has 0 saturated heterocycles. The number of allylic oxidation sites excluding steroid dienone is 1. The molecular weight excluding hydrogens is 454 g/mol. The zero-order chi connectivity index (χ0) is 23.8. The van der Waals surface area contributed by atoms with Crippen molar-refractivity contribution < 1.29 is 19.6 Å². The molecule has 0 unspecified atom stereocenters. The standard InChI is InChI=1S/C25H23N3O5S/c1-2-33-21-13-15(11-19(25(21)30)28(31)32)24-23-18(26-16-6-3-4-7-17(16)27-24)10-14(12-20(23)29)22-8-5-9-34-22/h3-11,13-14,23-24,26-27,30H,2,12H2,1H3/p-1/t14-,23+,24+/m1/s1. The number of rotatable bonds is 5. The molecule has 0 saturated carbocycles. The molecule has 5 rings (SSSR count). The Morgan fingerprint density at radius 2 is 1.97 bits per heavy atom. The highest BCUT2D eigenvalue weighted by Gasteiger charge is 2.40. The van der Waals surface area contributed by atoms with Crippen LogP contribution < -0.4 is 20.5 Å². The number of carbonyl (C=O) groups excluding carboxylic acids is 1. The molecule has 3 aromatic rings. The molecule has 0 fully saturated rings. The fraction of sp³-hybridized carbons (Fsp3) is 0.240. The van der Waals surface area contributed by atoms with E-state index in [0.29, 0.717) is 12.0 Å². The Morgan fingerprint density at radius 1 is 1.18 bits per heavy atom. The van der Waals surface area contributed by atoms with E-state index >= 15 is 0 Å². The van der Waals surface area contributed by atoms with Crippen LogP contribution >= 0.6 is 11.3 Å². The van der Waals surface area contributed by atoms with E-state index in [2.05, 4.69) is 16.7 Å². The molecule has 34 heavy (non-hydrogen) atoms. The number of nitrogens with one attached hydrogen (secondary N) is 2. The van der Waals surface area contributed by atoms with Crippen molar-refractivity contribution in [1.29, 1.82) is 0 Å². The van der Waals surface area contributed by atoms with Crippen LogP contribution in [0.4, 0.5) is 17.1 Å². The van der Waals surface area contributed by atoms with Crippen LogP contribution in [0, 0.1) is 16.0 Å². The normalized spacial score (nSPS) is 21.3. The fourth-order valence-electron chi connectivity index (χ4n) is 4.65. The summed E-state index contributed by atoms with van der Waals surface area (Å²) in [6, 6.07) is 13.7. The Morgan fingerprint density at radius 3 is 2.68 bits per heavy atom. The van der Waals surface area contributed by atoms with Crippen LogP contribution in [0.5, 0.6) is 11.5 Å². The highest BCUT2D eigenvalue weighted by Crippen LogP contribution is 2.47. The van der Waals surface area contributed by atoms with Crippen LogP contribution in [0.2, 0.25) is 0 Å². The molecule has 0 spiro atoms. The van der Waals surface area contributed by atoms with Gasteiger partial charge in [-0.05, 0) is 42.1 Å². The number of fused-ring (bicyclic) bond motifs is 2. The van der Waals surface area contributed by atoms with E-state index in [0.717, 1.165) is 21.9 Å². The predicted octanol–water partition coefficient (Wildman–Crippen LogP) is 4.96. The Balaban J connectivity index is 1.67. The average molecular weight is 477 g/mol. The summed E-state index contributed by atoms with van der Waals surface area (Å²) in [7, 11) is 0. The Bertz CT molecular complexity index is 1290.